The molecule has 0 aromatic heterocycles. The molecule has 19 heavy (non-hydrogen) atoms. The summed E-state index contributed by atoms with van der Waals surface area (Å²) in [6.45, 7) is 8.37. The molecule has 0 aliphatic carbocycles. The fourth-order valence-electron chi connectivity index (χ4n) is 2.86. The lowest BCUT2D eigenvalue weighted by atomic mass is 9.78. The average Bonchev–Trinajstić information content (AvgIpc) is 2.47. The number of hydrogen-bond acceptors (Lipinski definition) is 2. The molecule has 1 saturated heterocycles. The molecule has 0 amide bonds. The van der Waals surface area contributed by atoms with Gasteiger partial charge in [-0.05, 0) is 49.9 Å². The molecule has 2 heteroatoms. The molecule has 1 aromatic rings. The van der Waals surface area contributed by atoms with Crippen molar-refractivity contribution in [3.8, 4) is 0 Å². The van der Waals surface area contributed by atoms with Crippen molar-refractivity contribution >= 4 is 0 Å². The minimum absolute atomic E-state index is 0.181. The summed E-state index contributed by atoms with van der Waals surface area (Å²) in [6.07, 6.45) is 5.05. The van der Waals surface area contributed by atoms with Crippen molar-refractivity contribution < 1.29 is 0 Å². The van der Waals surface area contributed by atoms with Crippen LogP contribution in [0.15, 0.2) is 30.3 Å². The summed E-state index contributed by atoms with van der Waals surface area (Å²) in [5.74, 6) is 0. The van der Waals surface area contributed by atoms with Crippen LogP contribution in [0, 0.1) is 5.41 Å². The molecule has 1 unspecified atom stereocenters. The Labute approximate surface area is 118 Å². The minimum atomic E-state index is 0.181. The van der Waals surface area contributed by atoms with Gasteiger partial charge in [0, 0.05) is 6.04 Å². The second-order valence-electron chi connectivity index (χ2n) is 6.31. The van der Waals surface area contributed by atoms with E-state index in [4.69, 9.17) is 5.73 Å². The normalized spacial score (nSPS) is 21.2. The molecule has 0 bridgehead atoms. The van der Waals surface area contributed by atoms with Crippen LogP contribution in [0.3, 0.4) is 0 Å². The summed E-state index contributed by atoms with van der Waals surface area (Å²) in [7, 11) is 0. The predicted molar refractivity (Wildman–Crippen MR) is 82.1 cm³/mol. The largest absolute Gasteiger partial charge is 0.324 e. The Bertz CT molecular complexity index is 366. The number of piperidine rings is 1. The zero-order chi connectivity index (χ0) is 13.7. The quantitative estimate of drug-likeness (QED) is 0.876. The van der Waals surface area contributed by atoms with E-state index in [9.17, 15) is 0 Å². The van der Waals surface area contributed by atoms with Crippen molar-refractivity contribution in [1.29, 1.82) is 0 Å². The first-order chi connectivity index (χ1) is 9.13. The van der Waals surface area contributed by atoms with Crippen LogP contribution in [-0.4, -0.2) is 24.5 Å². The van der Waals surface area contributed by atoms with E-state index in [1.165, 1.54) is 37.9 Å². The standard InChI is InChI=1S/C17H28N2/c1-3-17(2)10-13-19(14-11-17)12-9-16(18)15-7-5-4-6-8-15/h4-8,16H,3,9-14,18H2,1-2H3. The number of nitrogens with two attached hydrogens (primary N) is 1. The fraction of sp³-hybridized carbons (Fsp3) is 0.647. The van der Waals surface area contributed by atoms with Gasteiger partial charge in [0.2, 0.25) is 0 Å². The molecule has 2 N–H and O–H groups in total. The molecule has 1 aliphatic rings. The summed E-state index contributed by atoms with van der Waals surface area (Å²) < 4.78 is 0. The third-order valence-corrected chi connectivity index (χ3v) is 4.90. The molecular weight excluding hydrogens is 232 g/mol. The number of rotatable bonds is 5. The van der Waals surface area contributed by atoms with Crippen LogP contribution >= 0.6 is 0 Å². The third-order valence-electron chi connectivity index (χ3n) is 4.90. The highest BCUT2D eigenvalue weighted by atomic mass is 15.1. The monoisotopic (exact) mass is 260 g/mol. The van der Waals surface area contributed by atoms with Gasteiger partial charge in [-0.3, -0.25) is 0 Å². The van der Waals surface area contributed by atoms with Gasteiger partial charge >= 0.3 is 0 Å². The zero-order valence-electron chi connectivity index (χ0n) is 12.4. The third kappa shape index (κ3) is 4.05. The Hall–Kier alpha value is -0.860. The topological polar surface area (TPSA) is 29.3 Å². The SMILES string of the molecule is CCC1(C)CCN(CCC(N)c2ccccc2)CC1. The molecule has 0 spiro atoms. The molecular formula is C17H28N2. The van der Waals surface area contributed by atoms with Gasteiger partial charge in [-0.25, -0.2) is 0 Å². The smallest absolute Gasteiger partial charge is 0.0307 e. The van der Waals surface area contributed by atoms with Crippen molar-refractivity contribution in [2.24, 2.45) is 11.1 Å². The highest BCUT2D eigenvalue weighted by Crippen LogP contribution is 2.34. The summed E-state index contributed by atoms with van der Waals surface area (Å²) in [4.78, 5) is 2.58. The van der Waals surface area contributed by atoms with Crippen LogP contribution in [0.4, 0.5) is 0 Å². The highest BCUT2D eigenvalue weighted by Gasteiger charge is 2.28. The first kappa shape index (κ1) is 14.5. The van der Waals surface area contributed by atoms with Crippen molar-refractivity contribution in [3.05, 3.63) is 35.9 Å². The molecule has 1 fully saturated rings. The first-order valence-corrected chi connectivity index (χ1v) is 7.66. The molecule has 2 nitrogen and oxygen atoms in total. The maximum Gasteiger partial charge on any atom is 0.0307 e. The molecule has 0 radical (unpaired) electrons. The molecule has 1 aliphatic heterocycles. The Kier molecular flexibility index (Phi) is 5.00. The van der Waals surface area contributed by atoms with Gasteiger partial charge < -0.3 is 10.6 Å². The maximum atomic E-state index is 6.26. The van der Waals surface area contributed by atoms with E-state index in [-0.39, 0.29) is 6.04 Å². The number of likely N-dealkylation sites (tertiary alicyclic amines) is 1. The van der Waals surface area contributed by atoms with E-state index in [2.05, 4.69) is 43.0 Å². The summed E-state index contributed by atoms with van der Waals surface area (Å²) in [6, 6.07) is 10.6. The van der Waals surface area contributed by atoms with Crippen LogP contribution in [0.5, 0.6) is 0 Å². The Balaban J connectivity index is 1.75. The molecule has 2 rings (SSSR count). The lowest BCUT2D eigenvalue weighted by Crippen LogP contribution is -2.39. The van der Waals surface area contributed by atoms with Crippen LogP contribution in [0.25, 0.3) is 0 Å². The zero-order valence-corrected chi connectivity index (χ0v) is 12.4. The van der Waals surface area contributed by atoms with E-state index < -0.39 is 0 Å². The molecule has 1 heterocycles. The lowest BCUT2D eigenvalue weighted by molar-refractivity contribution is 0.112. The number of nitrogens with zero attached hydrogens (tertiary/aromatic N) is 1. The predicted octanol–water partition coefficient (Wildman–Crippen LogP) is 3.59. The highest BCUT2D eigenvalue weighted by molar-refractivity contribution is 5.18. The molecule has 106 valence electrons. The Morgan fingerprint density at radius 3 is 2.42 bits per heavy atom. The van der Waals surface area contributed by atoms with Gasteiger partial charge in [-0.1, -0.05) is 50.6 Å². The van der Waals surface area contributed by atoms with E-state index in [0.29, 0.717) is 5.41 Å². The molecule has 1 aromatic carbocycles. The van der Waals surface area contributed by atoms with Gasteiger partial charge in [0.15, 0.2) is 0 Å². The molecule has 0 saturated carbocycles. The number of hydrogen-bond donors (Lipinski definition) is 1. The van der Waals surface area contributed by atoms with Crippen molar-refractivity contribution in [1.82, 2.24) is 4.90 Å². The minimum Gasteiger partial charge on any atom is -0.324 e. The van der Waals surface area contributed by atoms with Gasteiger partial charge in [-0.2, -0.15) is 0 Å². The van der Waals surface area contributed by atoms with Crippen LogP contribution in [-0.2, 0) is 0 Å². The fourth-order valence-corrected chi connectivity index (χ4v) is 2.86. The van der Waals surface area contributed by atoms with Gasteiger partial charge in [-0.15, -0.1) is 0 Å². The summed E-state index contributed by atoms with van der Waals surface area (Å²) >= 11 is 0. The first-order valence-electron chi connectivity index (χ1n) is 7.66. The van der Waals surface area contributed by atoms with Crippen molar-refractivity contribution in [3.63, 3.8) is 0 Å². The Morgan fingerprint density at radius 1 is 1.21 bits per heavy atom. The van der Waals surface area contributed by atoms with E-state index in [0.717, 1.165) is 13.0 Å². The van der Waals surface area contributed by atoms with Crippen LogP contribution in [0.2, 0.25) is 0 Å². The summed E-state index contributed by atoms with van der Waals surface area (Å²) in [5.41, 5.74) is 8.11. The summed E-state index contributed by atoms with van der Waals surface area (Å²) in [5, 5.41) is 0. The van der Waals surface area contributed by atoms with Crippen LogP contribution < -0.4 is 5.73 Å². The lowest BCUT2D eigenvalue weighted by Gasteiger charge is -2.39. The average molecular weight is 260 g/mol. The molecule has 1 atom stereocenters. The van der Waals surface area contributed by atoms with E-state index >= 15 is 0 Å². The van der Waals surface area contributed by atoms with Crippen LogP contribution in [0.1, 0.15) is 51.1 Å². The van der Waals surface area contributed by atoms with E-state index in [1.54, 1.807) is 0 Å². The van der Waals surface area contributed by atoms with Gasteiger partial charge in [0.25, 0.3) is 0 Å². The second kappa shape index (κ2) is 6.53. The van der Waals surface area contributed by atoms with Crippen molar-refractivity contribution in [2.75, 3.05) is 19.6 Å². The number of benzene rings is 1. The second-order valence-corrected chi connectivity index (χ2v) is 6.31. The van der Waals surface area contributed by atoms with Gasteiger partial charge in [0.1, 0.15) is 0 Å². The van der Waals surface area contributed by atoms with Gasteiger partial charge in [0.05, 0.1) is 0 Å². The van der Waals surface area contributed by atoms with Crippen molar-refractivity contribution in [2.45, 2.75) is 45.6 Å². The maximum absolute atomic E-state index is 6.26. The van der Waals surface area contributed by atoms with E-state index in [1.807, 2.05) is 6.07 Å². The Morgan fingerprint density at radius 2 is 1.84 bits per heavy atom.